The topological polar surface area (TPSA) is 84.2 Å². The monoisotopic (exact) mass is 295 g/mol. The highest BCUT2D eigenvalue weighted by Gasteiger charge is 2.25. The summed E-state index contributed by atoms with van der Waals surface area (Å²) in [4.78, 5) is 23.5. The van der Waals surface area contributed by atoms with E-state index in [1.165, 1.54) is 6.20 Å². The van der Waals surface area contributed by atoms with Crippen LogP contribution in [0, 0.1) is 12.8 Å². The Morgan fingerprint density at radius 2 is 1.95 bits per heavy atom. The molecule has 0 saturated carbocycles. The highest BCUT2D eigenvalue weighted by atomic mass is 16.4. The molecule has 0 aliphatic heterocycles. The summed E-state index contributed by atoms with van der Waals surface area (Å²) in [6.45, 7) is 11.6. The quantitative estimate of drug-likeness (QED) is 0.872. The molecule has 0 aliphatic carbocycles. The van der Waals surface area contributed by atoms with Crippen LogP contribution in [-0.4, -0.2) is 32.8 Å². The number of carboxylic acid groups (broad SMARTS) is 1. The summed E-state index contributed by atoms with van der Waals surface area (Å²) >= 11 is 0. The van der Waals surface area contributed by atoms with Crippen LogP contribution in [0.4, 0.5) is 0 Å². The summed E-state index contributed by atoms with van der Waals surface area (Å²) in [6, 6.07) is -0.880. The normalized spacial score (nSPS) is 13.3. The Labute approximate surface area is 125 Å². The number of hydrogen-bond donors (Lipinski definition) is 2. The zero-order valence-corrected chi connectivity index (χ0v) is 13.6. The molecule has 1 heterocycles. The molecule has 1 unspecified atom stereocenters. The third-order valence-corrected chi connectivity index (χ3v) is 3.20. The van der Waals surface area contributed by atoms with Crippen molar-refractivity contribution in [3.8, 4) is 0 Å². The van der Waals surface area contributed by atoms with E-state index < -0.39 is 17.9 Å². The van der Waals surface area contributed by atoms with E-state index >= 15 is 0 Å². The third kappa shape index (κ3) is 4.31. The van der Waals surface area contributed by atoms with Gasteiger partial charge in [0.2, 0.25) is 0 Å². The molecule has 2 N–H and O–H groups in total. The van der Waals surface area contributed by atoms with E-state index in [-0.39, 0.29) is 11.5 Å². The van der Waals surface area contributed by atoms with Crippen molar-refractivity contribution >= 4 is 11.9 Å². The number of carbonyl (C=O) groups is 2. The number of carboxylic acids is 1. The lowest BCUT2D eigenvalue weighted by Crippen LogP contribution is -2.41. The van der Waals surface area contributed by atoms with E-state index in [2.05, 4.69) is 10.4 Å². The molecular formula is C15H25N3O3. The Hall–Kier alpha value is -1.85. The number of hydrogen-bond acceptors (Lipinski definition) is 3. The predicted molar refractivity (Wildman–Crippen MR) is 80.3 cm³/mol. The highest BCUT2D eigenvalue weighted by Crippen LogP contribution is 2.18. The Balaban J connectivity index is 2.94. The molecule has 6 heteroatoms. The SMILES string of the molecule is Cc1c(C(=O)NC(CC(C)C)C(=O)O)cnn1C(C)(C)C. The summed E-state index contributed by atoms with van der Waals surface area (Å²) in [5.41, 5.74) is 0.917. The minimum atomic E-state index is -1.02. The number of aliphatic carboxylic acids is 1. The lowest BCUT2D eigenvalue weighted by molar-refractivity contribution is -0.139. The number of aromatic nitrogens is 2. The van der Waals surface area contributed by atoms with Gasteiger partial charge in [-0.15, -0.1) is 0 Å². The van der Waals surface area contributed by atoms with Gasteiger partial charge in [-0.25, -0.2) is 4.79 Å². The van der Waals surface area contributed by atoms with Gasteiger partial charge in [0.05, 0.1) is 17.3 Å². The summed E-state index contributed by atoms with van der Waals surface area (Å²) in [7, 11) is 0. The summed E-state index contributed by atoms with van der Waals surface area (Å²) in [5.74, 6) is -1.22. The lowest BCUT2D eigenvalue weighted by Gasteiger charge is -2.21. The molecule has 1 aromatic rings. The zero-order valence-electron chi connectivity index (χ0n) is 13.6. The van der Waals surface area contributed by atoms with Crippen LogP contribution in [0.15, 0.2) is 6.20 Å². The molecule has 0 fully saturated rings. The average Bonchev–Trinajstić information content (AvgIpc) is 2.69. The van der Waals surface area contributed by atoms with Gasteiger partial charge >= 0.3 is 5.97 Å². The fourth-order valence-electron chi connectivity index (χ4n) is 2.24. The number of nitrogens with zero attached hydrogens (tertiary/aromatic N) is 2. The average molecular weight is 295 g/mol. The Bertz CT molecular complexity index is 527. The van der Waals surface area contributed by atoms with Crippen LogP contribution >= 0.6 is 0 Å². The fourth-order valence-corrected chi connectivity index (χ4v) is 2.24. The number of nitrogens with one attached hydrogen (secondary N) is 1. The standard InChI is InChI=1S/C15H25N3O3/c1-9(2)7-12(14(20)21)17-13(19)11-8-16-18(10(11)3)15(4,5)6/h8-9,12H,7H2,1-6H3,(H,17,19)(H,20,21). The number of carbonyl (C=O) groups excluding carboxylic acids is 1. The fraction of sp³-hybridized carbons (Fsp3) is 0.667. The van der Waals surface area contributed by atoms with E-state index in [0.29, 0.717) is 12.0 Å². The van der Waals surface area contributed by atoms with Crippen molar-refractivity contribution in [1.82, 2.24) is 15.1 Å². The van der Waals surface area contributed by atoms with Crippen molar-refractivity contribution < 1.29 is 14.7 Å². The molecule has 21 heavy (non-hydrogen) atoms. The van der Waals surface area contributed by atoms with Gasteiger partial charge in [0.1, 0.15) is 6.04 Å². The smallest absolute Gasteiger partial charge is 0.326 e. The van der Waals surface area contributed by atoms with E-state index in [4.69, 9.17) is 0 Å². The third-order valence-electron chi connectivity index (χ3n) is 3.20. The maximum atomic E-state index is 12.3. The van der Waals surface area contributed by atoms with E-state index in [0.717, 1.165) is 5.69 Å². The highest BCUT2D eigenvalue weighted by molar-refractivity contribution is 5.97. The van der Waals surface area contributed by atoms with Gasteiger partial charge in [0, 0.05) is 5.69 Å². The second-order valence-electron chi connectivity index (χ2n) is 6.72. The van der Waals surface area contributed by atoms with Gasteiger partial charge < -0.3 is 10.4 Å². The molecule has 0 bridgehead atoms. The van der Waals surface area contributed by atoms with Crippen LogP contribution in [0.25, 0.3) is 0 Å². The van der Waals surface area contributed by atoms with Crippen molar-refractivity contribution in [3.05, 3.63) is 17.5 Å². The predicted octanol–water partition coefficient (Wildman–Crippen LogP) is 2.18. The largest absolute Gasteiger partial charge is 0.480 e. The molecular weight excluding hydrogens is 270 g/mol. The van der Waals surface area contributed by atoms with Gasteiger partial charge in [0.15, 0.2) is 0 Å². The molecule has 1 atom stereocenters. The maximum absolute atomic E-state index is 12.3. The Morgan fingerprint density at radius 1 is 1.38 bits per heavy atom. The van der Waals surface area contributed by atoms with Gasteiger partial charge in [0.25, 0.3) is 5.91 Å². The molecule has 6 nitrogen and oxygen atoms in total. The second-order valence-corrected chi connectivity index (χ2v) is 6.72. The molecule has 1 aromatic heterocycles. The maximum Gasteiger partial charge on any atom is 0.326 e. The molecule has 118 valence electrons. The van der Waals surface area contributed by atoms with Gasteiger partial charge in [-0.05, 0) is 40.0 Å². The zero-order chi connectivity index (χ0) is 16.4. The van der Waals surface area contributed by atoms with Crippen molar-refractivity contribution in [2.24, 2.45) is 5.92 Å². The van der Waals surface area contributed by atoms with E-state index in [1.807, 2.05) is 41.5 Å². The van der Waals surface area contributed by atoms with E-state index in [1.54, 1.807) is 4.68 Å². The molecule has 0 aromatic carbocycles. The minimum absolute atomic E-state index is 0.185. The first-order chi connectivity index (χ1) is 9.54. The van der Waals surface area contributed by atoms with Crippen LogP contribution < -0.4 is 5.32 Å². The van der Waals surface area contributed by atoms with Crippen molar-refractivity contribution in [2.75, 3.05) is 0 Å². The minimum Gasteiger partial charge on any atom is -0.480 e. The van der Waals surface area contributed by atoms with Crippen LogP contribution in [0.5, 0.6) is 0 Å². The lowest BCUT2D eigenvalue weighted by atomic mass is 10.0. The number of rotatable bonds is 5. The Kier molecular flexibility index (Phi) is 5.15. The van der Waals surface area contributed by atoms with Gasteiger partial charge in [-0.3, -0.25) is 9.48 Å². The Morgan fingerprint density at radius 3 is 2.33 bits per heavy atom. The number of amides is 1. The summed E-state index contributed by atoms with van der Waals surface area (Å²) in [5, 5.41) is 16.0. The molecule has 1 rings (SSSR count). The van der Waals surface area contributed by atoms with Crippen molar-refractivity contribution in [2.45, 2.75) is 59.5 Å². The molecule has 0 aliphatic rings. The van der Waals surface area contributed by atoms with Crippen LogP contribution in [0.3, 0.4) is 0 Å². The van der Waals surface area contributed by atoms with E-state index in [9.17, 15) is 14.7 Å². The van der Waals surface area contributed by atoms with Gasteiger partial charge in [-0.2, -0.15) is 5.10 Å². The van der Waals surface area contributed by atoms with Gasteiger partial charge in [-0.1, -0.05) is 13.8 Å². The van der Waals surface area contributed by atoms with Crippen LogP contribution in [0.1, 0.15) is 57.1 Å². The first-order valence-corrected chi connectivity index (χ1v) is 7.12. The first-order valence-electron chi connectivity index (χ1n) is 7.12. The second kappa shape index (κ2) is 6.28. The summed E-state index contributed by atoms with van der Waals surface area (Å²) in [6.07, 6.45) is 1.89. The molecule has 1 amide bonds. The van der Waals surface area contributed by atoms with Crippen LogP contribution in [-0.2, 0) is 10.3 Å². The molecule has 0 spiro atoms. The van der Waals surface area contributed by atoms with Crippen molar-refractivity contribution in [1.29, 1.82) is 0 Å². The molecule has 0 radical (unpaired) electrons. The van der Waals surface area contributed by atoms with Crippen LogP contribution in [0.2, 0.25) is 0 Å². The van der Waals surface area contributed by atoms with Crippen molar-refractivity contribution in [3.63, 3.8) is 0 Å². The molecule has 0 saturated heterocycles. The first kappa shape index (κ1) is 17.2. The summed E-state index contributed by atoms with van der Waals surface area (Å²) < 4.78 is 1.76.